The Morgan fingerprint density at radius 1 is 0.905 bits per heavy atom. The molecule has 0 fully saturated rings. The second-order valence-corrected chi connectivity index (χ2v) is 5.02. The molecule has 110 valence electrons. The van der Waals surface area contributed by atoms with Crippen LogP contribution in [0.25, 0.3) is 0 Å². The number of azo groups is 1. The molecule has 0 aliphatic heterocycles. The molecule has 3 nitrogen and oxygen atoms in total. The molecule has 0 bridgehead atoms. The van der Waals surface area contributed by atoms with Gasteiger partial charge in [-0.15, -0.1) is 0 Å². The molecule has 0 aliphatic carbocycles. The Morgan fingerprint density at radius 2 is 1.57 bits per heavy atom. The molecule has 0 N–H and O–H groups in total. The van der Waals surface area contributed by atoms with Crippen LogP contribution in [0.5, 0.6) is 5.75 Å². The highest BCUT2D eigenvalue weighted by Crippen LogP contribution is 2.16. The van der Waals surface area contributed by atoms with Crippen molar-refractivity contribution in [3.63, 3.8) is 0 Å². The van der Waals surface area contributed by atoms with E-state index in [1.807, 2.05) is 36.4 Å². The van der Waals surface area contributed by atoms with Crippen LogP contribution in [0.2, 0.25) is 0 Å². The average molecular weight is 282 g/mol. The monoisotopic (exact) mass is 282 g/mol. The van der Waals surface area contributed by atoms with Crippen LogP contribution in [0.15, 0.2) is 58.8 Å². The molecule has 3 heteroatoms. The van der Waals surface area contributed by atoms with E-state index in [1.165, 1.54) is 18.4 Å². The lowest BCUT2D eigenvalue weighted by Crippen LogP contribution is -1.84. The molecule has 0 spiro atoms. The summed E-state index contributed by atoms with van der Waals surface area (Å²) in [5.74, 6) is 0.860. The first kappa shape index (κ1) is 15.2. The summed E-state index contributed by atoms with van der Waals surface area (Å²) in [4.78, 5) is 0. The summed E-state index contributed by atoms with van der Waals surface area (Å²) in [5, 5.41) is 8.50. The van der Waals surface area contributed by atoms with Crippen LogP contribution >= 0.6 is 0 Å². The van der Waals surface area contributed by atoms with E-state index in [0.29, 0.717) is 6.54 Å². The Morgan fingerprint density at radius 3 is 2.19 bits per heavy atom. The van der Waals surface area contributed by atoms with Crippen molar-refractivity contribution < 1.29 is 4.74 Å². The lowest BCUT2D eigenvalue weighted by atomic mass is 10.1. The van der Waals surface area contributed by atoms with Crippen molar-refractivity contribution >= 4 is 5.69 Å². The van der Waals surface area contributed by atoms with E-state index >= 15 is 0 Å². The first-order valence-electron chi connectivity index (χ1n) is 7.41. The molecule has 0 atom stereocenters. The molecule has 0 unspecified atom stereocenters. The molecule has 0 heterocycles. The van der Waals surface area contributed by atoms with Crippen LogP contribution in [0.3, 0.4) is 0 Å². The van der Waals surface area contributed by atoms with Crippen molar-refractivity contribution in [2.45, 2.75) is 32.7 Å². The normalized spacial score (nSPS) is 11.0. The molecular formula is C18H22N2O. The molecule has 0 saturated carbocycles. The second-order valence-electron chi connectivity index (χ2n) is 5.02. The maximum Gasteiger partial charge on any atom is 0.118 e. The van der Waals surface area contributed by atoms with Crippen molar-refractivity contribution in [1.29, 1.82) is 0 Å². The Balaban J connectivity index is 1.88. The number of ether oxygens (including phenoxy) is 1. The minimum absolute atomic E-state index is 0.585. The highest BCUT2D eigenvalue weighted by molar-refractivity contribution is 5.38. The Kier molecular flexibility index (Phi) is 5.95. The van der Waals surface area contributed by atoms with Gasteiger partial charge in [-0.1, -0.05) is 37.6 Å². The van der Waals surface area contributed by atoms with Gasteiger partial charge < -0.3 is 4.74 Å². The lowest BCUT2D eigenvalue weighted by molar-refractivity contribution is 0.414. The standard InChI is InChI=1S/C18H22N2O/c1-3-4-5-15-6-10-17(11-7-15)20-19-14-16-8-12-18(21-2)13-9-16/h6-13H,3-5,14H2,1-2H3/b20-19+. The van der Waals surface area contributed by atoms with Gasteiger partial charge in [-0.2, -0.15) is 10.2 Å². The van der Waals surface area contributed by atoms with Gasteiger partial charge in [0.15, 0.2) is 0 Å². The van der Waals surface area contributed by atoms with Crippen molar-refractivity contribution in [2.24, 2.45) is 10.2 Å². The smallest absolute Gasteiger partial charge is 0.118 e. The Bertz CT molecular complexity index is 559. The molecule has 2 rings (SSSR count). The van der Waals surface area contributed by atoms with Gasteiger partial charge >= 0.3 is 0 Å². The average Bonchev–Trinajstić information content (AvgIpc) is 2.55. The minimum Gasteiger partial charge on any atom is -0.497 e. The van der Waals surface area contributed by atoms with Crippen LogP contribution in [-0.2, 0) is 13.0 Å². The number of rotatable bonds is 7. The third-order valence-corrected chi connectivity index (χ3v) is 3.35. The van der Waals surface area contributed by atoms with Gasteiger partial charge in [-0.05, 0) is 48.2 Å². The molecule has 2 aromatic carbocycles. The first-order chi connectivity index (χ1) is 10.3. The third-order valence-electron chi connectivity index (χ3n) is 3.35. The quantitative estimate of drug-likeness (QED) is 0.633. The second kappa shape index (κ2) is 8.20. The zero-order valence-corrected chi connectivity index (χ0v) is 12.7. The van der Waals surface area contributed by atoms with E-state index in [0.717, 1.165) is 23.4 Å². The van der Waals surface area contributed by atoms with Crippen LogP contribution in [-0.4, -0.2) is 7.11 Å². The zero-order chi connectivity index (χ0) is 14.9. The largest absolute Gasteiger partial charge is 0.497 e. The number of unbranched alkanes of at least 4 members (excludes halogenated alkanes) is 1. The van der Waals surface area contributed by atoms with Crippen LogP contribution in [0.1, 0.15) is 30.9 Å². The van der Waals surface area contributed by atoms with Crippen molar-refractivity contribution in [3.8, 4) is 5.75 Å². The predicted octanol–water partition coefficient (Wildman–Crippen LogP) is 5.32. The van der Waals surface area contributed by atoms with E-state index < -0.39 is 0 Å². The number of hydrogen-bond donors (Lipinski definition) is 0. The molecule has 0 saturated heterocycles. The van der Waals surface area contributed by atoms with Crippen molar-refractivity contribution in [2.75, 3.05) is 7.11 Å². The number of aryl methyl sites for hydroxylation is 1. The maximum atomic E-state index is 5.13. The number of nitrogens with zero attached hydrogens (tertiary/aromatic N) is 2. The Hall–Kier alpha value is -2.16. The van der Waals surface area contributed by atoms with Gasteiger partial charge in [0.25, 0.3) is 0 Å². The summed E-state index contributed by atoms with van der Waals surface area (Å²) in [7, 11) is 1.67. The first-order valence-corrected chi connectivity index (χ1v) is 7.41. The molecule has 0 aromatic heterocycles. The Labute approximate surface area is 126 Å². The van der Waals surface area contributed by atoms with Crippen molar-refractivity contribution in [3.05, 3.63) is 59.7 Å². The zero-order valence-electron chi connectivity index (χ0n) is 12.7. The van der Waals surface area contributed by atoms with Crippen LogP contribution in [0.4, 0.5) is 5.69 Å². The van der Waals surface area contributed by atoms with Gasteiger partial charge in [0.2, 0.25) is 0 Å². The van der Waals surface area contributed by atoms with Gasteiger partial charge in [-0.3, -0.25) is 0 Å². The summed E-state index contributed by atoms with van der Waals surface area (Å²) in [5.41, 5.74) is 3.40. The van der Waals surface area contributed by atoms with Gasteiger partial charge in [0.1, 0.15) is 5.75 Å². The lowest BCUT2D eigenvalue weighted by Gasteiger charge is -2.01. The molecule has 21 heavy (non-hydrogen) atoms. The van der Waals surface area contributed by atoms with E-state index in [9.17, 15) is 0 Å². The highest BCUT2D eigenvalue weighted by atomic mass is 16.5. The summed E-state index contributed by atoms with van der Waals surface area (Å²) < 4.78 is 5.13. The van der Waals surface area contributed by atoms with Crippen molar-refractivity contribution in [1.82, 2.24) is 0 Å². The molecule has 0 radical (unpaired) electrons. The molecule has 0 amide bonds. The molecule has 2 aromatic rings. The summed E-state index contributed by atoms with van der Waals surface area (Å²) in [6.07, 6.45) is 3.60. The topological polar surface area (TPSA) is 34.0 Å². The number of benzene rings is 2. The van der Waals surface area contributed by atoms with E-state index in [4.69, 9.17) is 4.74 Å². The van der Waals surface area contributed by atoms with E-state index in [2.05, 4.69) is 29.3 Å². The fourth-order valence-corrected chi connectivity index (χ4v) is 2.04. The SMILES string of the molecule is CCCCc1ccc(/N=N/Cc2ccc(OC)cc2)cc1. The van der Waals surface area contributed by atoms with E-state index in [-0.39, 0.29) is 0 Å². The summed E-state index contributed by atoms with van der Waals surface area (Å²) in [6.45, 7) is 2.79. The molecular weight excluding hydrogens is 260 g/mol. The minimum atomic E-state index is 0.585. The van der Waals surface area contributed by atoms with Gasteiger partial charge in [0, 0.05) is 0 Å². The molecule has 0 aliphatic rings. The summed E-state index contributed by atoms with van der Waals surface area (Å²) >= 11 is 0. The number of methoxy groups -OCH3 is 1. The number of hydrogen-bond acceptors (Lipinski definition) is 3. The van der Waals surface area contributed by atoms with Gasteiger partial charge in [0.05, 0.1) is 19.3 Å². The van der Waals surface area contributed by atoms with Crippen LogP contribution < -0.4 is 4.74 Å². The third kappa shape index (κ3) is 5.03. The fraction of sp³-hybridized carbons (Fsp3) is 0.333. The van der Waals surface area contributed by atoms with E-state index in [1.54, 1.807) is 7.11 Å². The highest BCUT2D eigenvalue weighted by Gasteiger charge is 1.95. The predicted molar refractivity (Wildman–Crippen MR) is 86.3 cm³/mol. The van der Waals surface area contributed by atoms with Crippen LogP contribution in [0, 0.1) is 0 Å². The summed E-state index contributed by atoms with van der Waals surface area (Å²) in [6, 6.07) is 16.2. The maximum absolute atomic E-state index is 5.13. The fourth-order valence-electron chi connectivity index (χ4n) is 2.04. The van der Waals surface area contributed by atoms with Gasteiger partial charge in [-0.25, -0.2) is 0 Å².